The Kier molecular flexibility index (Phi) is 16.4. The molecule has 0 aliphatic heterocycles. The molecule has 6 aromatic carbocycles. The SMILES string of the molecule is C=C(C)C(=O)OCCc1ccc(N(c2ccc(C)c(C)c2)c2ccc(-c3ccc(N(c4ccc(CCOC(=O)C(=C)C)cc4)c4ccc(CCOC(=O)C(=C)C)cc4)c(OC)c3)cc2C)cc1. The Balaban J connectivity index is 1.31. The highest BCUT2D eigenvalue weighted by molar-refractivity contribution is 5.88. The first-order chi connectivity index (χ1) is 32.1. The van der Waals surface area contributed by atoms with Crippen molar-refractivity contribution in [2.24, 2.45) is 0 Å². The summed E-state index contributed by atoms with van der Waals surface area (Å²) in [4.78, 5) is 40.3. The third-order valence-electron chi connectivity index (χ3n) is 11.4. The monoisotopic (exact) mass is 896 g/mol. The second kappa shape index (κ2) is 22.5. The fraction of sp³-hybridized carbons (Fsp3) is 0.224. The lowest BCUT2D eigenvalue weighted by molar-refractivity contribution is -0.139. The number of esters is 3. The van der Waals surface area contributed by atoms with Crippen molar-refractivity contribution in [3.8, 4) is 16.9 Å². The number of carbonyl (C=O) groups excluding carboxylic acids is 3. The molecule has 0 radical (unpaired) electrons. The number of anilines is 6. The summed E-state index contributed by atoms with van der Waals surface area (Å²) in [6.45, 7) is 23.1. The molecule has 0 N–H and O–H groups in total. The molecule has 0 bridgehead atoms. The molecular weight excluding hydrogens is 837 g/mol. The number of carbonyl (C=O) groups is 3. The topological polar surface area (TPSA) is 94.6 Å². The van der Waals surface area contributed by atoms with Gasteiger partial charge < -0.3 is 28.7 Å². The maximum absolute atomic E-state index is 12.0. The number of hydrogen-bond donors (Lipinski definition) is 0. The first kappa shape index (κ1) is 48.8. The highest BCUT2D eigenvalue weighted by Gasteiger charge is 2.20. The van der Waals surface area contributed by atoms with Crippen LogP contribution in [0.15, 0.2) is 164 Å². The zero-order chi connectivity index (χ0) is 48.2. The van der Waals surface area contributed by atoms with E-state index in [0.29, 0.717) is 41.7 Å². The average molecular weight is 897 g/mol. The molecule has 0 atom stereocenters. The zero-order valence-electron chi connectivity index (χ0n) is 39.7. The smallest absolute Gasteiger partial charge is 0.333 e. The van der Waals surface area contributed by atoms with E-state index in [1.165, 1.54) is 11.1 Å². The summed E-state index contributed by atoms with van der Waals surface area (Å²) in [5.74, 6) is -0.506. The second-order valence-electron chi connectivity index (χ2n) is 16.8. The molecule has 0 saturated carbocycles. The van der Waals surface area contributed by atoms with Gasteiger partial charge in [0.15, 0.2) is 0 Å². The number of rotatable bonds is 20. The summed E-state index contributed by atoms with van der Waals surface area (Å²) in [5, 5.41) is 0. The van der Waals surface area contributed by atoms with Crippen LogP contribution in [0, 0.1) is 20.8 Å². The number of aryl methyl sites for hydroxylation is 3. The number of benzene rings is 6. The number of ether oxygens (including phenoxy) is 4. The van der Waals surface area contributed by atoms with Crippen LogP contribution in [-0.2, 0) is 47.9 Å². The Morgan fingerprint density at radius 3 is 1.18 bits per heavy atom. The van der Waals surface area contributed by atoms with Crippen LogP contribution in [0.3, 0.4) is 0 Å². The summed E-state index contributed by atoms with van der Waals surface area (Å²) in [5.41, 5.74) is 15.5. The van der Waals surface area contributed by atoms with Crippen molar-refractivity contribution < 1.29 is 33.3 Å². The Morgan fingerprint density at radius 2 is 0.806 bits per heavy atom. The summed E-state index contributed by atoms with van der Waals surface area (Å²) < 4.78 is 22.2. The van der Waals surface area contributed by atoms with Crippen molar-refractivity contribution in [2.45, 2.75) is 60.8 Å². The van der Waals surface area contributed by atoms with Crippen molar-refractivity contribution in [3.05, 3.63) is 197 Å². The van der Waals surface area contributed by atoms with E-state index in [1.54, 1.807) is 27.9 Å². The minimum Gasteiger partial charge on any atom is -0.495 e. The molecule has 0 saturated heterocycles. The second-order valence-corrected chi connectivity index (χ2v) is 16.8. The normalized spacial score (nSPS) is 10.7. The van der Waals surface area contributed by atoms with Crippen molar-refractivity contribution in [1.29, 1.82) is 0 Å². The van der Waals surface area contributed by atoms with Gasteiger partial charge >= 0.3 is 17.9 Å². The Morgan fingerprint density at radius 1 is 0.433 bits per heavy atom. The molecule has 0 aliphatic rings. The van der Waals surface area contributed by atoms with Gasteiger partial charge in [-0.25, -0.2) is 14.4 Å². The van der Waals surface area contributed by atoms with E-state index in [-0.39, 0.29) is 25.8 Å². The van der Waals surface area contributed by atoms with Crippen LogP contribution >= 0.6 is 0 Å². The summed E-state index contributed by atoms with van der Waals surface area (Å²) >= 11 is 0. The highest BCUT2D eigenvalue weighted by atomic mass is 16.5. The fourth-order valence-electron chi connectivity index (χ4n) is 7.44. The fourth-order valence-corrected chi connectivity index (χ4v) is 7.44. The Bertz CT molecular complexity index is 2700. The molecule has 0 aliphatic carbocycles. The predicted octanol–water partition coefficient (Wildman–Crippen LogP) is 13.2. The van der Waals surface area contributed by atoms with Crippen molar-refractivity contribution in [3.63, 3.8) is 0 Å². The van der Waals surface area contributed by atoms with E-state index >= 15 is 0 Å². The zero-order valence-corrected chi connectivity index (χ0v) is 39.7. The molecule has 0 amide bonds. The lowest BCUT2D eigenvalue weighted by Crippen LogP contribution is -2.12. The van der Waals surface area contributed by atoms with Gasteiger partial charge in [-0.3, -0.25) is 0 Å². The van der Waals surface area contributed by atoms with Gasteiger partial charge in [-0.05, 0) is 159 Å². The van der Waals surface area contributed by atoms with Gasteiger partial charge in [-0.1, -0.05) is 74.3 Å². The molecule has 9 nitrogen and oxygen atoms in total. The molecule has 67 heavy (non-hydrogen) atoms. The van der Waals surface area contributed by atoms with Gasteiger partial charge in [-0.15, -0.1) is 0 Å². The van der Waals surface area contributed by atoms with Crippen molar-refractivity contribution in [1.82, 2.24) is 0 Å². The van der Waals surface area contributed by atoms with Gasteiger partial charge in [0.1, 0.15) is 5.75 Å². The third kappa shape index (κ3) is 12.6. The maximum atomic E-state index is 12.0. The van der Waals surface area contributed by atoms with Crippen molar-refractivity contribution >= 4 is 52.0 Å². The molecule has 0 spiro atoms. The van der Waals surface area contributed by atoms with Crippen molar-refractivity contribution in [2.75, 3.05) is 36.7 Å². The van der Waals surface area contributed by atoms with E-state index in [2.05, 4.69) is 129 Å². The van der Waals surface area contributed by atoms with Crippen LogP contribution in [0.5, 0.6) is 5.75 Å². The molecule has 0 aromatic heterocycles. The maximum Gasteiger partial charge on any atom is 0.333 e. The number of nitrogens with zero attached hydrogens (tertiary/aromatic N) is 2. The summed E-state index contributed by atoms with van der Waals surface area (Å²) in [6, 6.07) is 44.0. The van der Waals surface area contributed by atoms with E-state index < -0.39 is 11.9 Å². The number of methoxy groups -OCH3 is 1. The van der Waals surface area contributed by atoms with E-state index in [0.717, 1.165) is 67.5 Å². The minimum absolute atomic E-state index is 0.252. The molecule has 0 fully saturated rings. The lowest BCUT2D eigenvalue weighted by atomic mass is 9.99. The van der Waals surface area contributed by atoms with Gasteiger partial charge in [0, 0.05) is 64.4 Å². The molecule has 9 heteroatoms. The quantitative estimate of drug-likeness (QED) is 0.0422. The first-order valence-corrected chi connectivity index (χ1v) is 22.3. The highest BCUT2D eigenvalue weighted by Crippen LogP contribution is 2.44. The summed E-state index contributed by atoms with van der Waals surface area (Å²) in [7, 11) is 1.68. The van der Waals surface area contributed by atoms with Crippen LogP contribution in [0.1, 0.15) is 54.2 Å². The first-order valence-electron chi connectivity index (χ1n) is 22.3. The molecule has 6 aromatic rings. The molecular formula is C58H60N2O7. The van der Waals surface area contributed by atoms with E-state index in [1.807, 2.05) is 48.5 Å². The lowest BCUT2D eigenvalue weighted by Gasteiger charge is -2.29. The average Bonchev–Trinajstić information content (AvgIpc) is 3.32. The van der Waals surface area contributed by atoms with Gasteiger partial charge in [0.05, 0.1) is 32.6 Å². The molecule has 344 valence electrons. The number of hydrogen-bond acceptors (Lipinski definition) is 9. The standard InChI is InChI=1S/C58H60N2O7/c1-38(2)56(61)65-32-29-44-12-21-49(22-13-44)59(50-23-14-45(15-24-50)30-33-66-57(62)39(3)4)54-28-19-48(37-55(54)64-10)47-18-27-53(43(9)35-47)60(52-20-11-41(7)42(8)36-52)51-25-16-46(17-26-51)31-34-67-58(63)40(5)6/h11-28,35-37H,1,3,5,29-34H2,2,4,6-10H3. The molecule has 0 unspecified atom stereocenters. The van der Waals surface area contributed by atoms with E-state index in [9.17, 15) is 14.4 Å². The van der Waals surface area contributed by atoms with Crippen LogP contribution in [0.2, 0.25) is 0 Å². The Hall–Kier alpha value is -7.65. The van der Waals surface area contributed by atoms with Crippen LogP contribution < -0.4 is 14.5 Å². The summed E-state index contributed by atoms with van der Waals surface area (Å²) in [6.07, 6.45) is 1.72. The van der Waals surface area contributed by atoms with E-state index in [4.69, 9.17) is 18.9 Å². The van der Waals surface area contributed by atoms with Gasteiger partial charge in [0.2, 0.25) is 0 Å². The van der Waals surface area contributed by atoms with Crippen LogP contribution in [0.4, 0.5) is 34.1 Å². The van der Waals surface area contributed by atoms with Crippen LogP contribution in [-0.4, -0.2) is 44.8 Å². The largest absolute Gasteiger partial charge is 0.495 e. The van der Waals surface area contributed by atoms with Gasteiger partial charge in [0.25, 0.3) is 0 Å². The molecule has 6 rings (SSSR count). The Labute approximate surface area is 395 Å². The molecule has 0 heterocycles. The predicted molar refractivity (Wildman–Crippen MR) is 270 cm³/mol. The third-order valence-corrected chi connectivity index (χ3v) is 11.4. The minimum atomic E-state index is -0.402. The van der Waals surface area contributed by atoms with Gasteiger partial charge in [-0.2, -0.15) is 0 Å². The van der Waals surface area contributed by atoms with Crippen LogP contribution in [0.25, 0.3) is 11.1 Å².